The maximum Gasteiger partial charge on any atom is 0.0558 e. The van der Waals surface area contributed by atoms with E-state index in [2.05, 4.69) is 39.9 Å². The Morgan fingerprint density at radius 2 is 1.47 bits per heavy atom. The van der Waals surface area contributed by atoms with Gasteiger partial charge >= 0.3 is 0 Å². The van der Waals surface area contributed by atoms with Crippen molar-refractivity contribution in [2.75, 3.05) is 32.8 Å². The fourth-order valence-electron chi connectivity index (χ4n) is 2.13. The lowest BCUT2D eigenvalue weighted by Gasteiger charge is -2.25. The molecule has 0 aromatic carbocycles. The van der Waals surface area contributed by atoms with Gasteiger partial charge in [-0.2, -0.15) is 0 Å². The van der Waals surface area contributed by atoms with Gasteiger partial charge in [0.15, 0.2) is 0 Å². The minimum Gasteiger partial charge on any atom is -0.395 e. The molecule has 0 fully saturated rings. The van der Waals surface area contributed by atoms with Gasteiger partial charge in [-0.3, -0.25) is 4.90 Å². The number of thiophene rings is 2. The van der Waals surface area contributed by atoms with Crippen LogP contribution in [0.25, 0.3) is 0 Å². The van der Waals surface area contributed by atoms with Crippen molar-refractivity contribution >= 4 is 22.7 Å². The van der Waals surface area contributed by atoms with Gasteiger partial charge in [-0.15, -0.1) is 22.7 Å². The van der Waals surface area contributed by atoms with Crippen LogP contribution in [-0.4, -0.2) is 48.0 Å². The van der Waals surface area contributed by atoms with Crippen LogP contribution in [0, 0.1) is 0 Å². The van der Waals surface area contributed by atoms with Gasteiger partial charge in [0.05, 0.1) is 13.2 Å². The molecule has 0 saturated heterocycles. The third-order valence-electron chi connectivity index (χ3n) is 3.05. The SMILES string of the molecule is OCCN(CCO)CC(c1cccs1)c1cccs1. The van der Waals surface area contributed by atoms with Crippen LogP contribution in [0.2, 0.25) is 0 Å². The Bertz CT molecular complexity index is 402. The fraction of sp³-hybridized carbons (Fsp3) is 0.429. The summed E-state index contributed by atoms with van der Waals surface area (Å²) < 4.78 is 0. The summed E-state index contributed by atoms with van der Waals surface area (Å²) in [4.78, 5) is 4.79. The van der Waals surface area contributed by atoms with E-state index in [1.807, 2.05) is 0 Å². The molecule has 5 heteroatoms. The second kappa shape index (κ2) is 7.77. The highest BCUT2D eigenvalue weighted by molar-refractivity contribution is 7.11. The highest BCUT2D eigenvalue weighted by atomic mass is 32.1. The van der Waals surface area contributed by atoms with Crippen LogP contribution in [-0.2, 0) is 0 Å². The van der Waals surface area contributed by atoms with Crippen molar-refractivity contribution in [3.8, 4) is 0 Å². The van der Waals surface area contributed by atoms with Crippen molar-refractivity contribution in [2.24, 2.45) is 0 Å². The molecule has 0 saturated carbocycles. The zero-order valence-electron chi connectivity index (χ0n) is 10.7. The average molecular weight is 297 g/mol. The van der Waals surface area contributed by atoms with Gasteiger partial charge in [0.2, 0.25) is 0 Å². The number of hydrogen-bond acceptors (Lipinski definition) is 5. The molecule has 2 rings (SSSR count). The summed E-state index contributed by atoms with van der Waals surface area (Å²) in [6.07, 6.45) is 0. The van der Waals surface area contributed by atoms with E-state index < -0.39 is 0 Å². The molecule has 0 aliphatic rings. The third kappa shape index (κ3) is 4.12. The van der Waals surface area contributed by atoms with Gasteiger partial charge in [0, 0.05) is 35.3 Å². The molecule has 0 unspecified atom stereocenters. The van der Waals surface area contributed by atoms with Gasteiger partial charge in [0.25, 0.3) is 0 Å². The van der Waals surface area contributed by atoms with E-state index in [0.29, 0.717) is 19.0 Å². The molecule has 3 nitrogen and oxygen atoms in total. The van der Waals surface area contributed by atoms with Crippen molar-refractivity contribution in [1.29, 1.82) is 0 Å². The smallest absolute Gasteiger partial charge is 0.0558 e. The highest BCUT2D eigenvalue weighted by Crippen LogP contribution is 2.31. The maximum absolute atomic E-state index is 9.12. The van der Waals surface area contributed by atoms with Crippen molar-refractivity contribution in [2.45, 2.75) is 5.92 Å². The molecular formula is C14H19NO2S2. The summed E-state index contributed by atoms with van der Waals surface area (Å²) >= 11 is 3.52. The molecular weight excluding hydrogens is 278 g/mol. The standard InChI is InChI=1S/C14H19NO2S2/c16-7-5-15(6-8-17)11-12(13-3-1-9-18-13)14-4-2-10-19-14/h1-4,9-10,12,16-17H,5-8,11H2. The largest absolute Gasteiger partial charge is 0.395 e. The summed E-state index contributed by atoms with van der Waals surface area (Å²) in [5, 5.41) is 22.4. The highest BCUT2D eigenvalue weighted by Gasteiger charge is 2.19. The van der Waals surface area contributed by atoms with Crippen molar-refractivity contribution in [3.05, 3.63) is 44.8 Å². The lowest BCUT2D eigenvalue weighted by Crippen LogP contribution is -2.33. The Labute approximate surface area is 121 Å². The van der Waals surface area contributed by atoms with E-state index in [1.54, 1.807) is 22.7 Å². The number of aliphatic hydroxyl groups is 2. The van der Waals surface area contributed by atoms with Crippen LogP contribution in [0.5, 0.6) is 0 Å². The van der Waals surface area contributed by atoms with Crippen LogP contribution in [0.15, 0.2) is 35.0 Å². The first-order chi connectivity index (χ1) is 9.35. The van der Waals surface area contributed by atoms with E-state index in [9.17, 15) is 0 Å². The first kappa shape index (κ1) is 14.7. The Balaban J connectivity index is 2.14. The van der Waals surface area contributed by atoms with Crippen LogP contribution in [0.1, 0.15) is 15.7 Å². The summed E-state index contributed by atoms with van der Waals surface area (Å²) in [6.45, 7) is 2.30. The molecule has 0 aliphatic heterocycles. The van der Waals surface area contributed by atoms with Crippen LogP contribution >= 0.6 is 22.7 Å². The first-order valence-electron chi connectivity index (χ1n) is 6.36. The van der Waals surface area contributed by atoms with Crippen LogP contribution in [0.4, 0.5) is 0 Å². The summed E-state index contributed by atoms with van der Waals surface area (Å²) in [7, 11) is 0. The lowest BCUT2D eigenvalue weighted by molar-refractivity contribution is 0.158. The van der Waals surface area contributed by atoms with Gasteiger partial charge in [-0.05, 0) is 22.9 Å². The van der Waals surface area contributed by atoms with Crippen LogP contribution < -0.4 is 0 Å². The Morgan fingerprint density at radius 1 is 0.947 bits per heavy atom. The molecule has 2 aromatic heterocycles. The zero-order valence-corrected chi connectivity index (χ0v) is 12.4. The van der Waals surface area contributed by atoms with E-state index in [0.717, 1.165) is 6.54 Å². The minimum atomic E-state index is 0.127. The number of rotatable bonds is 8. The van der Waals surface area contributed by atoms with Gasteiger partial charge < -0.3 is 10.2 Å². The van der Waals surface area contributed by atoms with Gasteiger partial charge in [-0.25, -0.2) is 0 Å². The van der Waals surface area contributed by atoms with E-state index in [-0.39, 0.29) is 13.2 Å². The number of hydrogen-bond donors (Lipinski definition) is 2. The molecule has 0 aliphatic carbocycles. The Hall–Kier alpha value is -0.720. The topological polar surface area (TPSA) is 43.7 Å². The summed E-state index contributed by atoms with van der Waals surface area (Å²) in [5.41, 5.74) is 0. The predicted molar refractivity (Wildman–Crippen MR) is 81.1 cm³/mol. The first-order valence-corrected chi connectivity index (χ1v) is 8.12. The minimum absolute atomic E-state index is 0.127. The molecule has 0 bridgehead atoms. The average Bonchev–Trinajstić information content (AvgIpc) is 3.09. The third-order valence-corrected chi connectivity index (χ3v) is 5.02. The van der Waals surface area contributed by atoms with Crippen molar-refractivity contribution in [1.82, 2.24) is 4.90 Å². The quantitative estimate of drug-likeness (QED) is 0.785. The molecule has 0 radical (unpaired) electrons. The van der Waals surface area contributed by atoms with Crippen LogP contribution in [0.3, 0.4) is 0 Å². The molecule has 104 valence electrons. The molecule has 0 spiro atoms. The molecule has 2 heterocycles. The number of nitrogens with zero attached hydrogens (tertiary/aromatic N) is 1. The van der Waals surface area contributed by atoms with Crippen molar-refractivity contribution in [3.63, 3.8) is 0 Å². The Morgan fingerprint density at radius 3 is 1.84 bits per heavy atom. The normalized spacial score (nSPS) is 11.6. The molecule has 0 atom stereocenters. The zero-order chi connectivity index (χ0) is 13.5. The molecule has 2 aromatic rings. The Kier molecular flexibility index (Phi) is 6.00. The monoisotopic (exact) mass is 297 g/mol. The maximum atomic E-state index is 9.12. The van der Waals surface area contributed by atoms with Gasteiger partial charge in [0.1, 0.15) is 0 Å². The second-order valence-electron chi connectivity index (χ2n) is 4.33. The number of aliphatic hydroxyl groups excluding tert-OH is 2. The molecule has 19 heavy (non-hydrogen) atoms. The predicted octanol–water partition coefficient (Wildman–Crippen LogP) is 2.23. The second-order valence-corrected chi connectivity index (χ2v) is 6.29. The van der Waals surface area contributed by atoms with E-state index in [1.165, 1.54) is 9.75 Å². The summed E-state index contributed by atoms with van der Waals surface area (Å²) in [6, 6.07) is 8.46. The van der Waals surface area contributed by atoms with E-state index in [4.69, 9.17) is 10.2 Å². The molecule has 2 N–H and O–H groups in total. The van der Waals surface area contributed by atoms with E-state index >= 15 is 0 Å². The van der Waals surface area contributed by atoms with Crippen molar-refractivity contribution < 1.29 is 10.2 Å². The fourth-order valence-corrected chi connectivity index (χ4v) is 3.88. The summed E-state index contributed by atoms with van der Waals surface area (Å²) in [5.74, 6) is 0.332. The lowest BCUT2D eigenvalue weighted by atomic mass is 10.0. The van der Waals surface area contributed by atoms with Gasteiger partial charge in [-0.1, -0.05) is 12.1 Å². The molecule has 0 amide bonds.